The lowest BCUT2D eigenvalue weighted by atomic mass is 10.0. The standard InChI is InChI=1S/C37H26N2.C31H22N2.C25H18N2/c1-38-33-13-7-5-11-30(33)31-23-24-35-36(37(31)38)32-12-6-8-14-34(32)39(35)29-21-19-28(20-22-29)27-17-15-26(16-18-27)25-9-3-2-4-10-25;1-32-27-13-7-5-11-24(27)25-19-20-29-30(31(25)32)26-12-6-8-14-28(26)33(29)23-17-15-22(16-18-23)21-9-3-2-4-10-21;1-26-21-13-7-5-11-18(21)19-15-16-23-24(25(19)26)20-12-6-8-14-22(20)27(23)17-9-3-2-4-10-17/h2-24H,1H3;2-20H,1H3;2-16H,1H3. The molecule has 0 aliphatic heterocycles. The molecule has 0 N–H and O–H groups in total. The molecule has 15 aromatic carbocycles. The highest BCUT2D eigenvalue weighted by molar-refractivity contribution is 6.28. The van der Waals surface area contributed by atoms with Crippen LogP contribution >= 0.6 is 0 Å². The molecule has 6 aromatic heterocycles. The lowest BCUT2D eigenvalue weighted by molar-refractivity contribution is 1.02. The lowest BCUT2D eigenvalue weighted by Gasteiger charge is -2.10. The van der Waals surface area contributed by atoms with E-state index in [-0.39, 0.29) is 0 Å². The molecule has 99 heavy (non-hydrogen) atoms. The number of fused-ring (bicyclic) bond motifs is 21. The lowest BCUT2D eigenvalue weighted by Crippen LogP contribution is -1.94. The van der Waals surface area contributed by atoms with Gasteiger partial charge in [0.15, 0.2) is 0 Å². The summed E-state index contributed by atoms with van der Waals surface area (Å²) in [6, 6.07) is 124. The normalized spacial score (nSPS) is 11.8. The van der Waals surface area contributed by atoms with Crippen LogP contribution in [0.1, 0.15) is 0 Å². The average molecular weight is 1270 g/mol. The van der Waals surface area contributed by atoms with Gasteiger partial charge in [0, 0.05) is 119 Å². The van der Waals surface area contributed by atoms with Gasteiger partial charge in [-0.1, -0.05) is 255 Å². The van der Waals surface area contributed by atoms with E-state index in [4.69, 9.17) is 0 Å². The second kappa shape index (κ2) is 23.2. The largest absolute Gasteiger partial charge is 0.343 e. The van der Waals surface area contributed by atoms with Gasteiger partial charge in [0.05, 0.1) is 49.7 Å². The van der Waals surface area contributed by atoms with Crippen molar-refractivity contribution in [2.24, 2.45) is 21.1 Å². The summed E-state index contributed by atoms with van der Waals surface area (Å²) in [5.41, 5.74) is 26.1. The molecule has 0 aliphatic carbocycles. The molecule has 0 amide bonds. The van der Waals surface area contributed by atoms with Crippen molar-refractivity contribution in [3.63, 3.8) is 0 Å². The van der Waals surface area contributed by atoms with Crippen molar-refractivity contribution in [3.05, 3.63) is 346 Å². The number of benzene rings is 15. The molecule has 0 spiro atoms. The smallest absolute Gasteiger partial charge is 0.0590 e. The molecule has 6 heteroatoms. The van der Waals surface area contributed by atoms with Crippen molar-refractivity contribution in [3.8, 4) is 50.4 Å². The first-order chi connectivity index (χ1) is 48.9. The van der Waals surface area contributed by atoms with Crippen molar-refractivity contribution in [2.45, 2.75) is 0 Å². The van der Waals surface area contributed by atoms with Crippen molar-refractivity contribution in [1.29, 1.82) is 0 Å². The van der Waals surface area contributed by atoms with Gasteiger partial charge in [-0.25, -0.2) is 0 Å². The van der Waals surface area contributed by atoms with Crippen LogP contribution in [0, 0.1) is 0 Å². The van der Waals surface area contributed by atoms with Gasteiger partial charge in [-0.2, -0.15) is 0 Å². The number of hydrogen-bond donors (Lipinski definition) is 0. The zero-order valence-electron chi connectivity index (χ0n) is 55.1. The van der Waals surface area contributed by atoms with Gasteiger partial charge >= 0.3 is 0 Å². The Hall–Kier alpha value is -12.9. The maximum Gasteiger partial charge on any atom is 0.0590 e. The molecule has 6 heterocycles. The van der Waals surface area contributed by atoms with Crippen LogP contribution in [0.4, 0.5) is 0 Å². The number of rotatable bonds is 6. The Morgan fingerprint density at radius 2 is 0.374 bits per heavy atom. The minimum absolute atomic E-state index is 1.17. The Morgan fingerprint density at radius 3 is 0.677 bits per heavy atom. The highest BCUT2D eigenvalue weighted by atomic mass is 15.0. The van der Waals surface area contributed by atoms with Crippen LogP contribution in [-0.4, -0.2) is 27.4 Å². The minimum Gasteiger partial charge on any atom is -0.343 e. The first-order valence-electron chi connectivity index (χ1n) is 34.1. The van der Waals surface area contributed by atoms with Crippen LogP contribution in [-0.2, 0) is 21.1 Å². The molecule has 0 saturated heterocycles. The average Bonchev–Trinajstić information content (AvgIpc) is 1.57. The molecule has 0 atom stereocenters. The summed E-state index contributed by atoms with van der Waals surface area (Å²) in [5.74, 6) is 0. The molecule has 0 unspecified atom stereocenters. The van der Waals surface area contributed by atoms with Crippen LogP contribution in [0.5, 0.6) is 0 Å². The van der Waals surface area contributed by atoms with Crippen LogP contribution in [0.15, 0.2) is 346 Å². The Morgan fingerprint density at radius 1 is 0.152 bits per heavy atom. The van der Waals surface area contributed by atoms with Gasteiger partial charge in [0.25, 0.3) is 0 Å². The third kappa shape index (κ3) is 9.10. The molecule has 468 valence electrons. The molecular weight excluding hydrogens is 1200 g/mol. The molecule has 6 nitrogen and oxygen atoms in total. The first-order valence-corrected chi connectivity index (χ1v) is 34.1. The van der Waals surface area contributed by atoms with Crippen molar-refractivity contribution in [2.75, 3.05) is 0 Å². The van der Waals surface area contributed by atoms with Crippen LogP contribution < -0.4 is 0 Å². The Balaban J connectivity index is 0.000000105. The summed E-state index contributed by atoms with van der Waals surface area (Å²) >= 11 is 0. The van der Waals surface area contributed by atoms with Crippen molar-refractivity contribution in [1.82, 2.24) is 27.4 Å². The van der Waals surface area contributed by atoms with E-state index < -0.39 is 0 Å². The molecule has 21 rings (SSSR count). The summed E-state index contributed by atoms with van der Waals surface area (Å²) in [7, 11) is 6.55. The van der Waals surface area contributed by atoms with E-state index in [0.717, 1.165) is 0 Å². The zero-order chi connectivity index (χ0) is 65.8. The maximum atomic E-state index is 2.41. The summed E-state index contributed by atoms with van der Waals surface area (Å²) in [4.78, 5) is 0. The molecule has 0 fully saturated rings. The van der Waals surface area contributed by atoms with Crippen molar-refractivity contribution >= 4 is 131 Å². The van der Waals surface area contributed by atoms with Gasteiger partial charge in [-0.3, -0.25) is 0 Å². The highest BCUT2D eigenvalue weighted by Gasteiger charge is 2.23. The molecule has 0 aliphatic rings. The number of para-hydroxylation sites is 7. The van der Waals surface area contributed by atoms with E-state index in [1.165, 1.54) is 181 Å². The number of nitrogens with zero attached hydrogens (tertiary/aromatic N) is 6. The van der Waals surface area contributed by atoms with Gasteiger partial charge in [-0.15, -0.1) is 0 Å². The van der Waals surface area contributed by atoms with Crippen LogP contribution in [0.2, 0.25) is 0 Å². The fraction of sp³-hybridized carbons (Fsp3) is 0.0323. The van der Waals surface area contributed by atoms with E-state index in [1.807, 2.05) is 0 Å². The molecule has 0 saturated carbocycles. The van der Waals surface area contributed by atoms with Gasteiger partial charge in [0.2, 0.25) is 0 Å². The SMILES string of the molecule is Cn1c2ccccc2c2ccc3c(c4ccccc4n3-c3ccc(-c4ccc(-c5ccccc5)cc4)cc3)c21.Cn1c2ccccc2c2ccc3c(c4ccccc4n3-c3ccc(-c4ccccc4)cc3)c21.Cn1c2ccccc2c2ccc3c(c4ccccc4n3-c3ccccc3)c21. The predicted molar refractivity (Wildman–Crippen MR) is 421 cm³/mol. The predicted octanol–water partition coefficient (Wildman–Crippen LogP) is 24.3. The highest BCUT2D eigenvalue weighted by Crippen LogP contribution is 2.44. The molecule has 21 aromatic rings. The Bertz CT molecular complexity index is 6700. The summed E-state index contributed by atoms with van der Waals surface area (Å²) in [6.45, 7) is 0. The third-order valence-corrected chi connectivity index (χ3v) is 20.8. The van der Waals surface area contributed by atoms with E-state index >= 15 is 0 Å². The third-order valence-electron chi connectivity index (χ3n) is 20.8. The number of aryl methyl sites for hydroxylation is 3. The topological polar surface area (TPSA) is 29.6 Å². The monoisotopic (exact) mass is 1270 g/mol. The summed E-state index contributed by atoms with van der Waals surface area (Å²) in [5, 5.41) is 15.7. The summed E-state index contributed by atoms with van der Waals surface area (Å²) in [6.07, 6.45) is 0. The number of aromatic nitrogens is 6. The summed E-state index contributed by atoms with van der Waals surface area (Å²) < 4.78 is 14.2. The molecule has 0 bridgehead atoms. The van der Waals surface area contributed by atoms with Crippen molar-refractivity contribution < 1.29 is 0 Å². The van der Waals surface area contributed by atoms with E-state index in [0.29, 0.717) is 0 Å². The van der Waals surface area contributed by atoms with Crippen LogP contribution in [0.25, 0.3) is 181 Å². The number of hydrogen-bond acceptors (Lipinski definition) is 0. The van der Waals surface area contributed by atoms with Gasteiger partial charge < -0.3 is 27.4 Å². The molecule has 0 radical (unpaired) electrons. The first kappa shape index (κ1) is 57.5. The quantitative estimate of drug-likeness (QED) is 0.159. The fourth-order valence-electron chi connectivity index (χ4n) is 16.3. The van der Waals surface area contributed by atoms with E-state index in [2.05, 4.69) is 394 Å². The molecular formula is C93H66N6. The Labute approximate surface area is 572 Å². The Kier molecular flexibility index (Phi) is 13.5. The second-order valence-corrected chi connectivity index (χ2v) is 26.1. The van der Waals surface area contributed by atoms with Gasteiger partial charge in [-0.05, 0) is 124 Å². The zero-order valence-corrected chi connectivity index (χ0v) is 55.1. The fourth-order valence-corrected chi connectivity index (χ4v) is 16.3. The van der Waals surface area contributed by atoms with E-state index in [9.17, 15) is 0 Å². The minimum atomic E-state index is 1.17. The maximum absolute atomic E-state index is 2.41. The van der Waals surface area contributed by atoms with Gasteiger partial charge in [0.1, 0.15) is 0 Å². The van der Waals surface area contributed by atoms with Crippen LogP contribution in [0.3, 0.4) is 0 Å². The van der Waals surface area contributed by atoms with E-state index in [1.54, 1.807) is 0 Å². The second-order valence-electron chi connectivity index (χ2n) is 26.1.